The first-order valence-corrected chi connectivity index (χ1v) is 10.8. The largest absolute Gasteiger partial charge is 0.386 e. The normalized spacial score (nSPS) is 15.8. The summed E-state index contributed by atoms with van der Waals surface area (Å²) in [6.45, 7) is 8.67. The molecule has 0 spiro atoms. The molecule has 29 heavy (non-hydrogen) atoms. The lowest BCUT2D eigenvalue weighted by molar-refractivity contribution is 0.186. The highest BCUT2D eigenvalue weighted by Gasteiger charge is 2.22. The van der Waals surface area contributed by atoms with Crippen molar-refractivity contribution in [1.29, 1.82) is 0 Å². The molecule has 1 fully saturated rings. The number of guanidine groups is 1. The maximum absolute atomic E-state index is 10.4. The summed E-state index contributed by atoms with van der Waals surface area (Å²) in [7, 11) is 0. The molecule has 1 saturated heterocycles. The number of rotatable bonds is 6. The van der Waals surface area contributed by atoms with E-state index in [-0.39, 0.29) is 24.0 Å². The number of halogens is 2. The van der Waals surface area contributed by atoms with E-state index in [1.165, 1.54) is 11.5 Å². The van der Waals surface area contributed by atoms with Crippen molar-refractivity contribution in [1.82, 2.24) is 19.6 Å². The number of aryl methyl sites for hydroxylation is 1. The van der Waals surface area contributed by atoms with E-state index in [0.29, 0.717) is 11.6 Å². The van der Waals surface area contributed by atoms with Crippen LogP contribution in [-0.2, 0) is 6.42 Å². The molecule has 1 aliphatic rings. The van der Waals surface area contributed by atoms with Gasteiger partial charge in [-0.25, -0.2) is 4.98 Å². The Morgan fingerprint density at radius 1 is 1.24 bits per heavy atom. The molecule has 1 aliphatic heterocycles. The van der Waals surface area contributed by atoms with Gasteiger partial charge in [-0.15, -0.1) is 24.0 Å². The molecule has 0 aliphatic carbocycles. The average Bonchev–Trinajstić information content (AvgIpc) is 3.21. The standard InChI is InChI=1S/C19H27ClN6OS.HI/c1-3-17-23-19(28-24-17)26-11-9-25(10-12-26)18(21-4-2)22-13-16(27)14-5-7-15(20)8-6-14;/h5-8,16,27H,3-4,9-13H2,1-2H3,(H,21,22);1H. The lowest BCUT2D eigenvalue weighted by atomic mass is 10.1. The Morgan fingerprint density at radius 2 is 1.93 bits per heavy atom. The van der Waals surface area contributed by atoms with Crippen molar-refractivity contribution < 1.29 is 5.11 Å². The zero-order chi connectivity index (χ0) is 19.9. The highest BCUT2D eigenvalue weighted by Crippen LogP contribution is 2.20. The van der Waals surface area contributed by atoms with E-state index in [4.69, 9.17) is 11.6 Å². The van der Waals surface area contributed by atoms with Gasteiger partial charge in [0.25, 0.3) is 0 Å². The van der Waals surface area contributed by atoms with Gasteiger partial charge in [0.15, 0.2) is 5.96 Å². The van der Waals surface area contributed by atoms with E-state index in [1.54, 1.807) is 12.1 Å². The highest BCUT2D eigenvalue weighted by molar-refractivity contribution is 14.0. The van der Waals surface area contributed by atoms with Gasteiger partial charge in [0.2, 0.25) is 5.13 Å². The van der Waals surface area contributed by atoms with Crippen LogP contribution in [0.4, 0.5) is 5.13 Å². The van der Waals surface area contributed by atoms with Crippen LogP contribution in [0.1, 0.15) is 31.3 Å². The van der Waals surface area contributed by atoms with E-state index in [0.717, 1.165) is 61.6 Å². The van der Waals surface area contributed by atoms with E-state index in [2.05, 4.69) is 43.3 Å². The van der Waals surface area contributed by atoms with Crippen molar-refractivity contribution in [2.24, 2.45) is 4.99 Å². The number of nitrogens with one attached hydrogen (secondary N) is 1. The second-order valence-electron chi connectivity index (χ2n) is 6.58. The van der Waals surface area contributed by atoms with E-state index in [1.807, 2.05) is 12.1 Å². The molecular weight excluding hydrogens is 523 g/mol. The Bertz CT molecular complexity index is 779. The van der Waals surface area contributed by atoms with Crippen LogP contribution >= 0.6 is 47.1 Å². The van der Waals surface area contributed by atoms with Gasteiger partial charge in [-0.2, -0.15) is 4.37 Å². The SMILES string of the molecule is CCNC(=NCC(O)c1ccc(Cl)cc1)N1CCN(c2nc(CC)ns2)CC1.I. The van der Waals surface area contributed by atoms with Crippen molar-refractivity contribution in [3.63, 3.8) is 0 Å². The van der Waals surface area contributed by atoms with Gasteiger partial charge in [0, 0.05) is 55.7 Å². The monoisotopic (exact) mass is 550 g/mol. The molecule has 2 heterocycles. The Hall–Kier alpha value is -1.17. The van der Waals surface area contributed by atoms with Crippen LogP contribution in [0.5, 0.6) is 0 Å². The van der Waals surface area contributed by atoms with Crippen molar-refractivity contribution in [3.05, 3.63) is 40.7 Å². The summed E-state index contributed by atoms with van der Waals surface area (Å²) in [6, 6.07) is 7.24. The maximum Gasteiger partial charge on any atom is 0.205 e. The molecule has 1 atom stereocenters. The van der Waals surface area contributed by atoms with Crippen LogP contribution in [0.3, 0.4) is 0 Å². The lowest BCUT2D eigenvalue weighted by Gasteiger charge is -2.36. The molecule has 10 heteroatoms. The minimum atomic E-state index is -0.652. The Morgan fingerprint density at radius 3 is 2.52 bits per heavy atom. The molecule has 0 radical (unpaired) electrons. The minimum absolute atomic E-state index is 0. The molecule has 1 aromatic carbocycles. The summed E-state index contributed by atoms with van der Waals surface area (Å²) in [5.74, 6) is 1.75. The summed E-state index contributed by atoms with van der Waals surface area (Å²) in [5, 5.41) is 15.4. The number of benzene rings is 1. The van der Waals surface area contributed by atoms with Crippen molar-refractivity contribution in [3.8, 4) is 0 Å². The zero-order valence-electron chi connectivity index (χ0n) is 16.7. The lowest BCUT2D eigenvalue weighted by Crippen LogP contribution is -2.52. The molecule has 2 N–H and O–H groups in total. The number of aromatic nitrogens is 2. The van der Waals surface area contributed by atoms with Gasteiger partial charge in [0.05, 0.1) is 12.6 Å². The zero-order valence-corrected chi connectivity index (χ0v) is 20.6. The molecule has 1 aromatic heterocycles. The number of anilines is 1. The van der Waals surface area contributed by atoms with Crippen LogP contribution < -0.4 is 10.2 Å². The first kappa shape index (κ1) is 24.1. The third-order valence-corrected chi connectivity index (χ3v) is 5.69. The fraction of sp³-hybridized carbons (Fsp3) is 0.526. The fourth-order valence-corrected chi connectivity index (χ4v) is 3.94. The van der Waals surface area contributed by atoms with Gasteiger partial charge in [-0.3, -0.25) is 4.99 Å². The quantitative estimate of drug-likeness (QED) is 0.327. The number of aliphatic imine (C=N–C) groups is 1. The summed E-state index contributed by atoms with van der Waals surface area (Å²) < 4.78 is 4.38. The topological polar surface area (TPSA) is 76.9 Å². The third kappa shape index (κ3) is 6.66. The van der Waals surface area contributed by atoms with Crippen molar-refractivity contribution in [2.75, 3.05) is 44.2 Å². The molecule has 7 nitrogen and oxygen atoms in total. The van der Waals surface area contributed by atoms with Gasteiger partial charge in [-0.1, -0.05) is 30.7 Å². The predicted octanol–water partition coefficient (Wildman–Crippen LogP) is 3.19. The number of hydrogen-bond acceptors (Lipinski definition) is 6. The van der Waals surface area contributed by atoms with Crippen molar-refractivity contribution >= 4 is 58.2 Å². The van der Waals surface area contributed by atoms with Crippen LogP contribution in [0.15, 0.2) is 29.3 Å². The predicted molar refractivity (Wildman–Crippen MR) is 131 cm³/mol. The Kier molecular flexibility index (Phi) is 9.87. The summed E-state index contributed by atoms with van der Waals surface area (Å²) >= 11 is 7.39. The average molecular weight is 551 g/mol. The number of aliphatic hydroxyl groups is 1. The van der Waals surface area contributed by atoms with Gasteiger partial charge >= 0.3 is 0 Å². The number of nitrogens with zero attached hydrogens (tertiary/aromatic N) is 5. The van der Waals surface area contributed by atoms with Crippen LogP contribution in [0.2, 0.25) is 5.02 Å². The Labute approximate surface area is 198 Å². The molecule has 0 amide bonds. The third-order valence-electron chi connectivity index (χ3n) is 4.63. The fourth-order valence-electron chi connectivity index (χ4n) is 3.02. The molecule has 3 rings (SSSR count). The minimum Gasteiger partial charge on any atom is -0.386 e. The number of piperazine rings is 1. The molecule has 0 bridgehead atoms. The van der Waals surface area contributed by atoms with Gasteiger partial charge in [-0.05, 0) is 24.6 Å². The molecule has 1 unspecified atom stereocenters. The second kappa shape index (κ2) is 11.9. The first-order valence-electron chi connectivity index (χ1n) is 9.65. The number of hydrogen-bond donors (Lipinski definition) is 2. The maximum atomic E-state index is 10.4. The van der Waals surface area contributed by atoms with E-state index in [9.17, 15) is 5.11 Å². The van der Waals surface area contributed by atoms with Crippen LogP contribution in [0, 0.1) is 0 Å². The number of aliphatic hydroxyl groups excluding tert-OH is 1. The molecule has 160 valence electrons. The molecule has 2 aromatic rings. The van der Waals surface area contributed by atoms with Crippen LogP contribution in [0.25, 0.3) is 0 Å². The smallest absolute Gasteiger partial charge is 0.205 e. The Balaban J connectivity index is 0.00000300. The van der Waals surface area contributed by atoms with E-state index < -0.39 is 6.10 Å². The molecular formula is C19H28ClIN6OS. The van der Waals surface area contributed by atoms with E-state index >= 15 is 0 Å². The van der Waals surface area contributed by atoms with Gasteiger partial charge < -0.3 is 20.2 Å². The summed E-state index contributed by atoms with van der Waals surface area (Å²) in [5.41, 5.74) is 0.816. The van der Waals surface area contributed by atoms with Gasteiger partial charge in [0.1, 0.15) is 5.82 Å². The highest BCUT2D eigenvalue weighted by atomic mass is 127. The van der Waals surface area contributed by atoms with Crippen LogP contribution in [-0.4, -0.2) is 64.6 Å². The first-order chi connectivity index (χ1) is 13.6. The molecule has 0 saturated carbocycles. The van der Waals surface area contributed by atoms with Crippen molar-refractivity contribution in [2.45, 2.75) is 26.4 Å². The summed E-state index contributed by atoms with van der Waals surface area (Å²) in [6.07, 6.45) is 0.213. The second-order valence-corrected chi connectivity index (χ2v) is 7.75. The summed E-state index contributed by atoms with van der Waals surface area (Å²) in [4.78, 5) is 13.7.